The Bertz CT molecular complexity index is 930. The van der Waals surface area contributed by atoms with Crippen molar-refractivity contribution in [2.75, 3.05) is 31.0 Å². The molecule has 0 spiro atoms. The van der Waals surface area contributed by atoms with Gasteiger partial charge in [-0.3, -0.25) is 9.52 Å². The Labute approximate surface area is 172 Å². The standard InChI is InChI=1S/C18H21ClN2O5S2/c19-16-5-6-17(27-16)28(25,26)20-15-3-1-12(2-4-15)18(24)21-9-13(7-8-22)14(10-21)11-23/h1-6,13-14,20,22-23H,7-11H2. The molecular formula is C18H21ClN2O5S2. The molecule has 0 aliphatic carbocycles. The van der Waals surface area contributed by atoms with Crippen LogP contribution in [0.1, 0.15) is 16.8 Å². The second kappa shape index (κ2) is 8.79. The molecule has 1 fully saturated rings. The number of sulfonamides is 1. The van der Waals surface area contributed by atoms with Crippen LogP contribution >= 0.6 is 22.9 Å². The molecule has 0 bridgehead atoms. The minimum absolute atomic E-state index is 0.0213. The number of anilines is 1. The highest BCUT2D eigenvalue weighted by atomic mass is 35.5. The van der Waals surface area contributed by atoms with Crippen LogP contribution in [-0.2, 0) is 10.0 Å². The van der Waals surface area contributed by atoms with Gasteiger partial charge in [0, 0.05) is 43.5 Å². The number of carbonyl (C=O) groups excluding carboxylic acids is 1. The smallest absolute Gasteiger partial charge is 0.271 e. The summed E-state index contributed by atoms with van der Waals surface area (Å²) in [7, 11) is -3.73. The Kier molecular flexibility index (Phi) is 6.61. The molecule has 1 aliphatic heterocycles. The van der Waals surface area contributed by atoms with Crippen LogP contribution in [0.5, 0.6) is 0 Å². The molecule has 3 rings (SSSR count). The summed E-state index contributed by atoms with van der Waals surface area (Å²) in [6.45, 7) is 0.918. The first-order chi connectivity index (χ1) is 13.3. The normalized spacial score (nSPS) is 19.8. The number of nitrogens with one attached hydrogen (secondary N) is 1. The van der Waals surface area contributed by atoms with E-state index in [0.29, 0.717) is 35.1 Å². The molecule has 2 unspecified atom stereocenters. The van der Waals surface area contributed by atoms with Crippen molar-refractivity contribution in [3.05, 3.63) is 46.3 Å². The lowest BCUT2D eigenvalue weighted by Gasteiger charge is -2.16. The zero-order valence-corrected chi connectivity index (χ0v) is 17.3. The average Bonchev–Trinajstić information content (AvgIpc) is 3.28. The minimum Gasteiger partial charge on any atom is -0.396 e. The highest BCUT2D eigenvalue weighted by Crippen LogP contribution is 2.29. The number of halogens is 1. The summed E-state index contributed by atoms with van der Waals surface area (Å²) in [6, 6.07) is 9.14. The van der Waals surface area contributed by atoms with Crippen LogP contribution in [0.25, 0.3) is 0 Å². The molecule has 2 heterocycles. The van der Waals surface area contributed by atoms with Gasteiger partial charge in [0.1, 0.15) is 4.21 Å². The van der Waals surface area contributed by atoms with Gasteiger partial charge in [0.15, 0.2) is 0 Å². The zero-order valence-electron chi connectivity index (χ0n) is 14.9. The highest BCUT2D eigenvalue weighted by molar-refractivity contribution is 7.94. The first-order valence-corrected chi connectivity index (χ1v) is 11.4. The van der Waals surface area contributed by atoms with Crippen molar-refractivity contribution in [2.24, 2.45) is 11.8 Å². The third kappa shape index (κ3) is 4.66. The van der Waals surface area contributed by atoms with Crippen molar-refractivity contribution in [1.82, 2.24) is 4.90 Å². The molecule has 2 aromatic rings. The number of thiophene rings is 1. The van der Waals surface area contributed by atoms with Gasteiger partial charge < -0.3 is 15.1 Å². The van der Waals surface area contributed by atoms with Crippen LogP contribution in [0.4, 0.5) is 5.69 Å². The van der Waals surface area contributed by atoms with Crippen LogP contribution in [0.3, 0.4) is 0 Å². The van der Waals surface area contributed by atoms with Crippen LogP contribution in [-0.4, -0.2) is 55.7 Å². The minimum atomic E-state index is -3.73. The number of carbonyl (C=O) groups is 1. The molecule has 10 heteroatoms. The molecule has 1 saturated heterocycles. The molecule has 7 nitrogen and oxygen atoms in total. The van der Waals surface area contributed by atoms with Crippen molar-refractivity contribution in [3.8, 4) is 0 Å². The lowest BCUT2D eigenvalue weighted by Crippen LogP contribution is -2.29. The highest BCUT2D eigenvalue weighted by Gasteiger charge is 2.34. The fourth-order valence-electron chi connectivity index (χ4n) is 3.32. The van der Waals surface area contributed by atoms with E-state index in [9.17, 15) is 18.3 Å². The van der Waals surface area contributed by atoms with Crippen molar-refractivity contribution < 1.29 is 23.4 Å². The van der Waals surface area contributed by atoms with Gasteiger partial charge in [-0.15, -0.1) is 11.3 Å². The maximum absolute atomic E-state index is 12.7. The van der Waals surface area contributed by atoms with Crippen LogP contribution in [0.15, 0.2) is 40.6 Å². The molecule has 1 aliphatic rings. The Hall–Kier alpha value is -1.65. The number of hydrogen-bond acceptors (Lipinski definition) is 6. The molecule has 1 aromatic heterocycles. The number of aliphatic hydroxyl groups is 2. The number of amides is 1. The fourth-order valence-corrected chi connectivity index (χ4v) is 5.86. The Morgan fingerprint density at radius 1 is 1.14 bits per heavy atom. The van der Waals surface area contributed by atoms with Gasteiger partial charge in [0.2, 0.25) is 0 Å². The number of nitrogens with zero attached hydrogens (tertiary/aromatic N) is 1. The SMILES string of the molecule is O=C(c1ccc(NS(=O)(=O)c2ccc(Cl)s2)cc1)N1CC(CO)C(CCO)C1. The van der Waals surface area contributed by atoms with E-state index in [1.165, 1.54) is 24.3 Å². The number of likely N-dealkylation sites (tertiary alicyclic amines) is 1. The van der Waals surface area contributed by atoms with E-state index in [1.807, 2.05) is 0 Å². The molecule has 0 radical (unpaired) electrons. The molecule has 1 amide bonds. The van der Waals surface area contributed by atoms with Gasteiger partial charge in [-0.2, -0.15) is 0 Å². The predicted octanol–water partition coefficient (Wildman–Crippen LogP) is 2.27. The van der Waals surface area contributed by atoms with E-state index in [1.54, 1.807) is 17.0 Å². The molecule has 152 valence electrons. The summed E-state index contributed by atoms with van der Waals surface area (Å²) in [4.78, 5) is 14.4. The Morgan fingerprint density at radius 2 is 1.82 bits per heavy atom. The van der Waals surface area contributed by atoms with Crippen molar-refractivity contribution in [1.29, 1.82) is 0 Å². The van der Waals surface area contributed by atoms with Crippen molar-refractivity contribution >= 4 is 44.6 Å². The number of aliphatic hydroxyl groups excluding tert-OH is 2. The van der Waals surface area contributed by atoms with Crippen LogP contribution < -0.4 is 4.72 Å². The van der Waals surface area contributed by atoms with E-state index in [-0.39, 0.29) is 35.2 Å². The summed E-state index contributed by atoms with van der Waals surface area (Å²) in [5.41, 5.74) is 0.775. The monoisotopic (exact) mass is 444 g/mol. The predicted molar refractivity (Wildman–Crippen MR) is 108 cm³/mol. The van der Waals surface area contributed by atoms with E-state index in [0.717, 1.165) is 11.3 Å². The van der Waals surface area contributed by atoms with E-state index >= 15 is 0 Å². The Balaban J connectivity index is 1.68. The second-order valence-electron chi connectivity index (χ2n) is 6.67. The van der Waals surface area contributed by atoms with Gasteiger partial charge in [0.25, 0.3) is 15.9 Å². The first-order valence-electron chi connectivity index (χ1n) is 8.73. The van der Waals surface area contributed by atoms with Gasteiger partial charge in [-0.05, 0) is 48.7 Å². The van der Waals surface area contributed by atoms with E-state index in [2.05, 4.69) is 4.72 Å². The maximum Gasteiger partial charge on any atom is 0.271 e. The third-order valence-electron chi connectivity index (χ3n) is 4.80. The summed E-state index contributed by atoms with van der Waals surface area (Å²) in [6.07, 6.45) is 0.544. The number of rotatable bonds is 7. The van der Waals surface area contributed by atoms with Gasteiger partial charge in [0.05, 0.1) is 4.34 Å². The molecular weight excluding hydrogens is 424 g/mol. The molecule has 0 saturated carbocycles. The largest absolute Gasteiger partial charge is 0.396 e. The summed E-state index contributed by atoms with van der Waals surface area (Å²) >= 11 is 6.75. The lowest BCUT2D eigenvalue weighted by atomic mass is 9.94. The first kappa shape index (κ1) is 21.1. The second-order valence-corrected chi connectivity index (χ2v) is 10.3. The third-order valence-corrected chi connectivity index (χ3v) is 7.90. The topological polar surface area (TPSA) is 107 Å². The number of hydrogen-bond donors (Lipinski definition) is 3. The summed E-state index contributed by atoms with van der Waals surface area (Å²) in [5, 5.41) is 18.6. The maximum atomic E-state index is 12.7. The van der Waals surface area contributed by atoms with Crippen LogP contribution in [0.2, 0.25) is 4.34 Å². The van der Waals surface area contributed by atoms with Crippen LogP contribution in [0, 0.1) is 11.8 Å². The van der Waals surface area contributed by atoms with Crippen molar-refractivity contribution in [2.45, 2.75) is 10.6 Å². The molecule has 2 atom stereocenters. The average molecular weight is 445 g/mol. The van der Waals surface area contributed by atoms with Crippen molar-refractivity contribution in [3.63, 3.8) is 0 Å². The summed E-state index contributed by atoms with van der Waals surface area (Å²) in [5.74, 6) is -0.152. The quantitative estimate of drug-likeness (QED) is 0.607. The van der Waals surface area contributed by atoms with Gasteiger partial charge in [-0.1, -0.05) is 11.6 Å². The van der Waals surface area contributed by atoms with E-state index < -0.39 is 10.0 Å². The van der Waals surface area contributed by atoms with E-state index in [4.69, 9.17) is 16.7 Å². The summed E-state index contributed by atoms with van der Waals surface area (Å²) < 4.78 is 27.6. The van der Waals surface area contributed by atoms with Gasteiger partial charge in [-0.25, -0.2) is 8.42 Å². The molecule has 3 N–H and O–H groups in total. The lowest BCUT2D eigenvalue weighted by molar-refractivity contribution is 0.0779. The fraction of sp³-hybridized carbons (Fsp3) is 0.389. The molecule has 28 heavy (non-hydrogen) atoms. The Morgan fingerprint density at radius 3 is 2.39 bits per heavy atom. The molecule has 1 aromatic carbocycles. The zero-order chi connectivity index (χ0) is 20.3. The number of benzene rings is 1. The van der Waals surface area contributed by atoms with Gasteiger partial charge >= 0.3 is 0 Å².